The molecule has 15 nitrogen and oxygen atoms in total. The first-order valence-corrected chi connectivity index (χ1v) is 10.9. The maximum atomic E-state index is 12.9. The van der Waals surface area contributed by atoms with E-state index < -0.39 is 84.4 Å². The number of hydrogen-bond acceptors (Lipinski definition) is 8. The van der Waals surface area contributed by atoms with Gasteiger partial charge < -0.3 is 43.4 Å². The van der Waals surface area contributed by atoms with Crippen LogP contribution in [0.25, 0.3) is 0 Å². The molecule has 15 heteroatoms. The molecule has 11 N–H and O–H groups in total. The minimum atomic E-state index is -1.45. The second kappa shape index (κ2) is 15.2. The molecule has 0 aliphatic heterocycles. The molecule has 0 aliphatic carbocycles. The van der Waals surface area contributed by atoms with Crippen LogP contribution in [0.1, 0.15) is 52.4 Å². The molecule has 5 atom stereocenters. The number of nitrogens with one attached hydrogen (secondary N) is 3. The van der Waals surface area contributed by atoms with Crippen LogP contribution >= 0.6 is 0 Å². The molecule has 0 saturated carbocycles. The first-order chi connectivity index (χ1) is 16.2. The molecule has 5 amide bonds. The number of rotatable bonds is 17. The molecule has 0 radical (unpaired) electrons. The highest BCUT2D eigenvalue weighted by Crippen LogP contribution is 2.11. The number of carbonyl (C=O) groups excluding carboxylic acids is 5. The zero-order chi connectivity index (χ0) is 27.3. The molecule has 5 unspecified atom stereocenters. The number of carbonyl (C=O) groups is 7. The molecule has 0 rings (SSSR count). The van der Waals surface area contributed by atoms with E-state index in [1.807, 2.05) is 0 Å². The van der Waals surface area contributed by atoms with Crippen LogP contribution in [0.4, 0.5) is 0 Å². The molecule has 198 valence electrons. The molecule has 0 heterocycles. The van der Waals surface area contributed by atoms with Crippen LogP contribution in [0.2, 0.25) is 0 Å². The molecule has 0 aromatic heterocycles. The second-order valence-corrected chi connectivity index (χ2v) is 8.05. The third-order valence-electron chi connectivity index (χ3n) is 5.12. The molecular weight excluding hydrogens is 468 g/mol. The number of carboxylic acids is 2. The molecule has 0 bridgehead atoms. The largest absolute Gasteiger partial charge is 0.481 e. The average Bonchev–Trinajstić information content (AvgIpc) is 2.75. The van der Waals surface area contributed by atoms with Crippen LogP contribution in [-0.4, -0.2) is 75.9 Å². The van der Waals surface area contributed by atoms with E-state index in [-0.39, 0.29) is 19.3 Å². The topological polar surface area (TPSA) is 274 Å². The maximum Gasteiger partial charge on any atom is 0.326 e. The molecule has 0 spiro atoms. The van der Waals surface area contributed by atoms with Gasteiger partial charge in [-0.15, -0.1) is 0 Å². The third-order valence-corrected chi connectivity index (χ3v) is 5.12. The summed E-state index contributed by atoms with van der Waals surface area (Å²) in [6.45, 7) is 3.32. The lowest BCUT2D eigenvalue weighted by atomic mass is 9.96. The zero-order valence-electron chi connectivity index (χ0n) is 19.6. The monoisotopic (exact) mass is 502 g/mol. The van der Waals surface area contributed by atoms with Gasteiger partial charge in [-0.2, -0.15) is 0 Å². The fourth-order valence-corrected chi connectivity index (χ4v) is 2.89. The van der Waals surface area contributed by atoms with Gasteiger partial charge in [0.15, 0.2) is 0 Å². The van der Waals surface area contributed by atoms with Crippen molar-refractivity contribution < 1.29 is 43.8 Å². The van der Waals surface area contributed by atoms with E-state index in [0.29, 0.717) is 6.42 Å². The molecule has 0 saturated heterocycles. The summed E-state index contributed by atoms with van der Waals surface area (Å²) in [5.41, 5.74) is 15.6. The van der Waals surface area contributed by atoms with Crippen molar-refractivity contribution in [3.63, 3.8) is 0 Å². The molecule has 0 aromatic carbocycles. The smallest absolute Gasteiger partial charge is 0.326 e. The Bertz CT molecular complexity index is 819. The van der Waals surface area contributed by atoms with Gasteiger partial charge in [0.25, 0.3) is 0 Å². The highest BCUT2D eigenvalue weighted by Gasteiger charge is 2.33. The van der Waals surface area contributed by atoms with E-state index in [9.17, 15) is 38.7 Å². The molecule has 35 heavy (non-hydrogen) atoms. The van der Waals surface area contributed by atoms with E-state index in [2.05, 4.69) is 16.0 Å². The Morgan fingerprint density at radius 3 is 1.77 bits per heavy atom. The summed E-state index contributed by atoms with van der Waals surface area (Å²) in [6, 6.07) is -5.52. The molecular formula is C20H34N6O9. The first-order valence-electron chi connectivity index (χ1n) is 10.9. The average molecular weight is 503 g/mol. The Morgan fingerprint density at radius 1 is 0.771 bits per heavy atom. The van der Waals surface area contributed by atoms with E-state index in [4.69, 9.17) is 22.3 Å². The van der Waals surface area contributed by atoms with Crippen molar-refractivity contribution >= 4 is 41.5 Å². The fourth-order valence-electron chi connectivity index (χ4n) is 2.89. The van der Waals surface area contributed by atoms with Crippen LogP contribution in [0.5, 0.6) is 0 Å². The van der Waals surface area contributed by atoms with Gasteiger partial charge in [-0.25, -0.2) is 4.79 Å². The zero-order valence-corrected chi connectivity index (χ0v) is 19.6. The van der Waals surface area contributed by atoms with Gasteiger partial charge in [-0.1, -0.05) is 20.3 Å². The summed E-state index contributed by atoms with van der Waals surface area (Å²) >= 11 is 0. The van der Waals surface area contributed by atoms with Gasteiger partial charge in [0.05, 0.1) is 12.5 Å². The van der Waals surface area contributed by atoms with Crippen molar-refractivity contribution in [1.82, 2.24) is 16.0 Å². The van der Waals surface area contributed by atoms with Crippen molar-refractivity contribution in [2.45, 2.75) is 76.5 Å². The summed E-state index contributed by atoms with van der Waals surface area (Å²) in [7, 11) is 0. The summed E-state index contributed by atoms with van der Waals surface area (Å²) < 4.78 is 0. The Hall–Kier alpha value is -3.75. The van der Waals surface area contributed by atoms with E-state index in [0.717, 1.165) is 0 Å². The lowest BCUT2D eigenvalue weighted by Gasteiger charge is -2.28. The second-order valence-electron chi connectivity index (χ2n) is 8.05. The summed E-state index contributed by atoms with van der Waals surface area (Å²) in [5.74, 6) is -7.51. The number of aliphatic carboxylic acids is 2. The fraction of sp³-hybridized carbons (Fsp3) is 0.650. The van der Waals surface area contributed by atoms with Gasteiger partial charge in [-0.3, -0.25) is 28.8 Å². The van der Waals surface area contributed by atoms with Crippen LogP contribution < -0.4 is 33.2 Å². The Balaban J connectivity index is 5.63. The van der Waals surface area contributed by atoms with Gasteiger partial charge in [0, 0.05) is 12.8 Å². The molecule has 0 aromatic rings. The number of hydrogen-bond donors (Lipinski definition) is 8. The summed E-state index contributed by atoms with van der Waals surface area (Å²) in [5, 5.41) is 25.2. The minimum absolute atomic E-state index is 0.271. The number of nitrogens with two attached hydrogens (primary N) is 3. The van der Waals surface area contributed by atoms with E-state index >= 15 is 0 Å². The van der Waals surface area contributed by atoms with Gasteiger partial charge in [0.2, 0.25) is 29.5 Å². The van der Waals surface area contributed by atoms with Crippen LogP contribution in [0, 0.1) is 5.92 Å². The van der Waals surface area contributed by atoms with Gasteiger partial charge in [0.1, 0.15) is 18.1 Å². The van der Waals surface area contributed by atoms with Gasteiger partial charge >= 0.3 is 11.9 Å². The normalized spacial score (nSPS) is 14.9. The highest BCUT2D eigenvalue weighted by molar-refractivity contribution is 5.95. The van der Waals surface area contributed by atoms with Gasteiger partial charge in [-0.05, 0) is 18.8 Å². The van der Waals surface area contributed by atoms with Crippen molar-refractivity contribution in [1.29, 1.82) is 0 Å². The van der Waals surface area contributed by atoms with Crippen LogP contribution in [-0.2, 0) is 33.6 Å². The van der Waals surface area contributed by atoms with E-state index in [1.165, 1.54) is 0 Å². The molecule has 0 aliphatic rings. The summed E-state index contributed by atoms with van der Waals surface area (Å²) in [6.07, 6.45) is -1.58. The number of carboxylic acid groups (broad SMARTS) is 2. The standard InChI is InChI=1S/C20H34N6O9/c1-3-9(2)16(19(33)25-12(20(34)35)4-6-13(22)27)26-18(32)11(5-7-15(29)30)24-17(31)10(21)8-14(23)28/h9-12,16H,3-8,21H2,1-2H3,(H2,22,27)(H2,23,28)(H,24,31)(H,25,33)(H,26,32)(H,29,30)(H,34,35). The third kappa shape index (κ3) is 12.3. The minimum Gasteiger partial charge on any atom is -0.481 e. The maximum absolute atomic E-state index is 12.9. The quantitative estimate of drug-likeness (QED) is 0.0991. The molecule has 0 fully saturated rings. The number of amides is 5. The van der Waals surface area contributed by atoms with Crippen molar-refractivity contribution in [2.75, 3.05) is 0 Å². The Kier molecular flexibility index (Phi) is 13.6. The predicted molar refractivity (Wildman–Crippen MR) is 120 cm³/mol. The number of primary amides is 2. The van der Waals surface area contributed by atoms with E-state index in [1.54, 1.807) is 13.8 Å². The summed E-state index contributed by atoms with van der Waals surface area (Å²) in [4.78, 5) is 82.4. The Morgan fingerprint density at radius 2 is 1.31 bits per heavy atom. The van der Waals surface area contributed by atoms with Crippen LogP contribution in [0.15, 0.2) is 0 Å². The Labute approximate surface area is 201 Å². The lowest BCUT2D eigenvalue weighted by Crippen LogP contribution is -2.58. The highest BCUT2D eigenvalue weighted by atomic mass is 16.4. The lowest BCUT2D eigenvalue weighted by molar-refractivity contribution is -0.143. The van der Waals surface area contributed by atoms with Crippen molar-refractivity contribution in [2.24, 2.45) is 23.1 Å². The predicted octanol–water partition coefficient (Wildman–Crippen LogP) is -3.10. The van der Waals surface area contributed by atoms with Crippen molar-refractivity contribution in [3.05, 3.63) is 0 Å². The van der Waals surface area contributed by atoms with Crippen LogP contribution in [0.3, 0.4) is 0 Å². The first kappa shape index (κ1) is 31.2. The SMILES string of the molecule is CCC(C)C(NC(=O)C(CCC(=O)O)NC(=O)C(N)CC(N)=O)C(=O)NC(CCC(N)=O)C(=O)O. The van der Waals surface area contributed by atoms with Crippen molar-refractivity contribution in [3.8, 4) is 0 Å².